The molecule has 2 aromatic heterocycles. The highest BCUT2D eigenvalue weighted by atomic mass is 32.2. The van der Waals surface area contributed by atoms with Gasteiger partial charge in [-0.2, -0.15) is 0 Å². The number of nitro groups is 1. The van der Waals surface area contributed by atoms with Crippen molar-refractivity contribution in [2.75, 3.05) is 11.1 Å². The van der Waals surface area contributed by atoms with Crippen LogP contribution in [0.25, 0.3) is 10.2 Å². The SMILES string of the molecule is Cc1cccc([N+](=O)[O-])c1NC(=O)CSc1ncnc2ccsc12. The van der Waals surface area contributed by atoms with Gasteiger partial charge in [-0.15, -0.1) is 11.3 Å². The zero-order valence-electron chi connectivity index (χ0n) is 12.6. The van der Waals surface area contributed by atoms with Crippen LogP contribution in [0.5, 0.6) is 0 Å². The summed E-state index contributed by atoms with van der Waals surface area (Å²) in [6.07, 6.45) is 1.46. The number of aromatic nitrogens is 2. The van der Waals surface area contributed by atoms with E-state index in [4.69, 9.17) is 0 Å². The van der Waals surface area contributed by atoms with Crippen LogP contribution in [0.15, 0.2) is 41.0 Å². The number of thioether (sulfide) groups is 1. The minimum atomic E-state index is -0.505. The van der Waals surface area contributed by atoms with Crippen LogP contribution in [0.4, 0.5) is 11.4 Å². The lowest BCUT2D eigenvalue weighted by atomic mass is 10.1. The van der Waals surface area contributed by atoms with Crippen molar-refractivity contribution in [1.29, 1.82) is 0 Å². The average molecular weight is 360 g/mol. The molecule has 0 saturated heterocycles. The third-order valence-corrected chi connectivity index (χ3v) is 5.29. The number of hydrogen-bond donors (Lipinski definition) is 1. The highest BCUT2D eigenvalue weighted by molar-refractivity contribution is 8.00. The zero-order valence-corrected chi connectivity index (χ0v) is 14.2. The molecule has 3 rings (SSSR count). The Bertz CT molecular complexity index is 926. The minimum absolute atomic E-state index is 0.107. The molecule has 1 N–H and O–H groups in total. The number of para-hydroxylation sites is 1. The first-order valence-corrected chi connectivity index (χ1v) is 8.77. The number of nitrogens with zero attached hydrogens (tertiary/aromatic N) is 3. The summed E-state index contributed by atoms with van der Waals surface area (Å²) in [5.41, 5.74) is 1.60. The van der Waals surface area contributed by atoms with Gasteiger partial charge in [0.25, 0.3) is 5.69 Å². The zero-order chi connectivity index (χ0) is 17.1. The fourth-order valence-electron chi connectivity index (χ4n) is 2.15. The molecule has 0 spiro atoms. The van der Waals surface area contributed by atoms with Crippen LogP contribution < -0.4 is 5.32 Å². The molecule has 0 aliphatic heterocycles. The molecular formula is C15H12N4O3S2. The van der Waals surface area contributed by atoms with Gasteiger partial charge in [0.2, 0.25) is 5.91 Å². The Hall–Kier alpha value is -2.52. The first-order chi connectivity index (χ1) is 11.6. The van der Waals surface area contributed by atoms with Crippen LogP contribution >= 0.6 is 23.1 Å². The molecule has 0 bridgehead atoms. The summed E-state index contributed by atoms with van der Waals surface area (Å²) in [5.74, 6) is -0.212. The van der Waals surface area contributed by atoms with E-state index >= 15 is 0 Å². The van der Waals surface area contributed by atoms with E-state index in [0.29, 0.717) is 5.56 Å². The second-order valence-corrected chi connectivity index (χ2v) is 6.76. The van der Waals surface area contributed by atoms with E-state index in [9.17, 15) is 14.9 Å². The maximum absolute atomic E-state index is 12.2. The molecule has 0 atom stereocenters. The van der Waals surface area contributed by atoms with E-state index in [0.717, 1.165) is 15.2 Å². The molecule has 7 nitrogen and oxygen atoms in total. The molecule has 0 aliphatic carbocycles. The van der Waals surface area contributed by atoms with Crippen molar-refractivity contribution in [1.82, 2.24) is 9.97 Å². The van der Waals surface area contributed by atoms with Crippen LogP contribution in [0.2, 0.25) is 0 Å². The molecule has 0 unspecified atom stereocenters. The van der Waals surface area contributed by atoms with Gasteiger partial charge in [0.05, 0.1) is 20.9 Å². The average Bonchev–Trinajstić information content (AvgIpc) is 3.03. The van der Waals surface area contributed by atoms with E-state index in [1.165, 1.54) is 35.5 Å². The molecule has 9 heteroatoms. The van der Waals surface area contributed by atoms with Gasteiger partial charge in [-0.3, -0.25) is 14.9 Å². The minimum Gasteiger partial charge on any atom is -0.319 e. The highest BCUT2D eigenvalue weighted by Gasteiger charge is 2.18. The third-order valence-electron chi connectivity index (χ3n) is 3.26. The summed E-state index contributed by atoms with van der Waals surface area (Å²) in [6.45, 7) is 1.72. The molecule has 1 aromatic carbocycles. The molecule has 0 radical (unpaired) electrons. The summed E-state index contributed by atoms with van der Waals surface area (Å²) in [6, 6.07) is 6.57. The Kier molecular flexibility index (Phi) is 4.72. The Morgan fingerprint density at radius 1 is 1.38 bits per heavy atom. The Balaban J connectivity index is 1.73. The fourth-order valence-corrected chi connectivity index (χ4v) is 3.89. The normalized spacial score (nSPS) is 10.7. The van der Waals surface area contributed by atoms with Crippen molar-refractivity contribution in [2.24, 2.45) is 0 Å². The maximum Gasteiger partial charge on any atom is 0.293 e. The van der Waals surface area contributed by atoms with Crippen LogP contribution in [-0.2, 0) is 4.79 Å². The molecule has 2 heterocycles. The van der Waals surface area contributed by atoms with Crippen molar-refractivity contribution in [3.63, 3.8) is 0 Å². The van der Waals surface area contributed by atoms with Crippen molar-refractivity contribution >= 4 is 50.6 Å². The van der Waals surface area contributed by atoms with Crippen LogP contribution in [0.3, 0.4) is 0 Å². The maximum atomic E-state index is 12.2. The van der Waals surface area contributed by atoms with Crippen LogP contribution in [-0.4, -0.2) is 26.6 Å². The van der Waals surface area contributed by atoms with Gasteiger partial charge in [0.1, 0.15) is 17.0 Å². The number of amides is 1. The second-order valence-electron chi connectivity index (χ2n) is 4.88. The molecule has 3 aromatic rings. The summed E-state index contributed by atoms with van der Waals surface area (Å²) >= 11 is 2.79. The molecule has 0 aliphatic rings. The summed E-state index contributed by atoms with van der Waals surface area (Å²) in [5, 5.41) is 16.4. The molecule has 1 amide bonds. The van der Waals surface area contributed by atoms with Gasteiger partial charge >= 0.3 is 0 Å². The van der Waals surface area contributed by atoms with Crippen molar-refractivity contribution in [3.8, 4) is 0 Å². The van der Waals surface area contributed by atoms with Crippen molar-refractivity contribution in [3.05, 3.63) is 51.7 Å². The monoisotopic (exact) mass is 360 g/mol. The third kappa shape index (κ3) is 3.36. The van der Waals surface area contributed by atoms with Gasteiger partial charge < -0.3 is 5.32 Å². The largest absolute Gasteiger partial charge is 0.319 e. The van der Waals surface area contributed by atoms with Crippen molar-refractivity contribution < 1.29 is 9.72 Å². The number of nitro benzene ring substituents is 1. The quantitative estimate of drug-likeness (QED) is 0.323. The fraction of sp³-hybridized carbons (Fsp3) is 0.133. The van der Waals surface area contributed by atoms with E-state index in [1.54, 1.807) is 19.1 Å². The number of fused-ring (bicyclic) bond motifs is 1. The first kappa shape index (κ1) is 16.3. The highest BCUT2D eigenvalue weighted by Crippen LogP contribution is 2.30. The number of aryl methyl sites for hydroxylation is 1. The number of benzene rings is 1. The standard InChI is InChI=1S/C15H12N4O3S2/c1-9-3-2-4-11(19(21)22)13(9)18-12(20)7-24-15-14-10(5-6-23-14)16-8-17-15/h2-6,8H,7H2,1H3,(H,18,20). The van der Waals surface area contributed by atoms with E-state index in [-0.39, 0.29) is 23.0 Å². The van der Waals surface area contributed by atoms with E-state index in [1.807, 2.05) is 11.4 Å². The number of carbonyl (C=O) groups excluding carboxylic acids is 1. The summed E-state index contributed by atoms with van der Waals surface area (Å²) in [4.78, 5) is 31.1. The van der Waals surface area contributed by atoms with Gasteiger partial charge in [0, 0.05) is 6.07 Å². The lowest BCUT2D eigenvalue weighted by molar-refractivity contribution is -0.384. The molecule has 0 saturated carbocycles. The number of anilines is 1. The van der Waals surface area contributed by atoms with Crippen LogP contribution in [0.1, 0.15) is 5.56 Å². The smallest absolute Gasteiger partial charge is 0.293 e. The van der Waals surface area contributed by atoms with Gasteiger partial charge in [-0.05, 0) is 23.9 Å². The number of rotatable bonds is 5. The van der Waals surface area contributed by atoms with E-state index < -0.39 is 4.92 Å². The number of thiophene rings is 1. The topological polar surface area (TPSA) is 98.0 Å². The van der Waals surface area contributed by atoms with Gasteiger partial charge in [0.15, 0.2) is 0 Å². The molecule has 122 valence electrons. The predicted octanol–water partition coefficient (Wildman–Crippen LogP) is 3.64. The summed E-state index contributed by atoms with van der Waals surface area (Å²) in [7, 11) is 0. The lowest BCUT2D eigenvalue weighted by Gasteiger charge is -2.08. The first-order valence-electron chi connectivity index (χ1n) is 6.91. The van der Waals surface area contributed by atoms with Gasteiger partial charge in [-0.25, -0.2) is 9.97 Å². The molecule has 0 fully saturated rings. The Labute approximate surface area is 145 Å². The summed E-state index contributed by atoms with van der Waals surface area (Å²) < 4.78 is 0.928. The number of hydrogen-bond acceptors (Lipinski definition) is 7. The van der Waals surface area contributed by atoms with Crippen LogP contribution in [0, 0.1) is 17.0 Å². The van der Waals surface area contributed by atoms with E-state index in [2.05, 4.69) is 15.3 Å². The van der Waals surface area contributed by atoms with Crippen molar-refractivity contribution in [2.45, 2.75) is 11.9 Å². The predicted molar refractivity (Wildman–Crippen MR) is 94.6 cm³/mol. The Morgan fingerprint density at radius 3 is 3.00 bits per heavy atom. The number of carbonyl (C=O) groups is 1. The number of nitrogens with one attached hydrogen (secondary N) is 1. The second kappa shape index (κ2) is 6.93. The Morgan fingerprint density at radius 2 is 2.21 bits per heavy atom. The molecular weight excluding hydrogens is 348 g/mol. The lowest BCUT2D eigenvalue weighted by Crippen LogP contribution is -2.16. The molecule has 24 heavy (non-hydrogen) atoms. The van der Waals surface area contributed by atoms with Gasteiger partial charge in [-0.1, -0.05) is 23.9 Å².